The molecular weight excluding hydrogens is 278 g/mol. The molecule has 0 spiro atoms. The van der Waals surface area contributed by atoms with Crippen molar-refractivity contribution in [2.75, 3.05) is 0 Å². The minimum atomic E-state index is -0.947. The highest BCUT2D eigenvalue weighted by Crippen LogP contribution is 2.22. The maximum absolute atomic E-state index is 11.4. The van der Waals surface area contributed by atoms with Crippen LogP contribution in [0, 0.1) is 0 Å². The number of thiophene rings is 1. The molecule has 0 fully saturated rings. The zero-order valence-corrected chi connectivity index (χ0v) is 12.2. The van der Waals surface area contributed by atoms with Crippen molar-refractivity contribution in [3.8, 4) is 10.7 Å². The number of nitrogens with zero attached hydrogens (tertiary/aromatic N) is 2. The minimum absolute atomic E-state index is 0.242. The quantitative estimate of drug-likeness (QED) is 0.816. The van der Waals surface area contributed by atoms with Gasteiger partial charge in [-0.3, -0.25) is 10.1 Å². The Morgan fingerprint density at radius 1 is 1.50 bits per heavy atom. The summed E-state index contributed by atoms with van der Waals surface area (Å²) in [6.07, 6.45) is 0.982. The van der Waals surface area contributed by atoms with Crippen LogP contribution in [0.3, 0.4) is 0 Å². The number of hydrogen-bond acceptors (Lipinski definition) is 6. The molecule has 108 valence electrons. The van der Waals surface area contributed by atoms with Crippen LogP contribution in [0.25, 0.3) is 10.7 Å². The van der Waals surface area contributed by atoms with Crippen LogP contribution in [0.15, 0.2) is 22.0 Å². The molecule has 0 unspecified atom stereocenters. The average Bonchev–Trinajstić information content (AvgIpc) is 3.11. The van der Waals surface area contributed by atoms with Gasteiger partial charge in [-0.05, 0) is 24.3 Å². The van der Waals surface area contributed by atoms with E-state index in [0.29, 0.717) is 24.6 Å². The van der Waals surface area contributed by atoms with Gasteiger partial charge in [0.05, 0.1) is 11.4 Å². The van der Waals surface area contributed by atoms with E-state index < -0.39 is 11.5 Å². The van der Waals surface area contributed by atoms with Crippen molar-refractivity contribution in [3.63, 3.8) is 0 Å². The Hall–Kier alpha value is -1.73. The number of aromatic nitrogens is 2. The molecule has 0 radical (unpaired) electrons. The van der Waals surface area contributed by atoms with Crippen molar-refractivity contribution in [2.45, 2.75) is 38.8 Å². The largest absolute Gasteiger partial charge is 0.480 e. The smallest absolute Gasteiger partial charge is 0.323 e. The van der Waals surface area contributed by atoms with Crippen LogP contribution in [0.4, 0.5) is 0 Å². The van der Waals surface area contributed by atoms with Crippen LogP contribution in [-0.4, -0.2) is 26.8 Å². The van der Waals surface area contributed by atoms with Crippen LogP contribution >= 0.6 is 11.3 Å². The van der Waals surface area contributed by atoms with Crippen molar-refractivity contribution in [1.29, 1.82) is 0 Å². The lowest BCUT2D eigenvalue weighted by molar-refractivity contribution is -0.145. The fraction of sp³-hybridized carbons (Fsp3) is 0.462. The number of carboxylic acid groups (broad SMARTS) is 1. The van der Waals surface area contributed by atoms with Gasteiger partial charge in [0.1, 0.15) is 5.54 Å². The van der Waals surface area contributed by atoms with E-state index in [-0.39, 0.29) is 6.54 Å². The van der Waals surface area contributed by atoms with Gasteiger partial charge in [0, 0.05) is 0 Å². The van der Waals surface area contributed by atoms with E-state index >= 15 is 0 Å². The molecule has 0 amide bonds. The lowest BCUT2D eigenvalue weighted by Gasteiger charge is -2.27. The second kappa shape index (κ2) is 6.15. The molecule has 0 saturated carbocycles. The van der Waals surface area contributed by atoms with E-state index in [1.54, 1.807) is 0 Å². The summed E-state index contributed by atoms with van der Waals surface area (Å²) in [5.41, 5.74) is -0.947. The molecule has 0 aliphatic heterocycles. The summed E-state index contributed by atoms with van der Waals surface area (Å²) in [7, 11) is 0. The molecule has 0 saturated heterocycles. The summed E-state index contributed by atoms with van der Waals surface area (Å²) >= 11 is 1.53. The highest BCUT2D eigenvalue weighted by Gasteiger charge is 2.34. The van der Waals surface area contributed by atoms with Gasteiger partial charge in [-0.2, -0.15) is 4.98 Å². The van der Waals surface area contributed by atoms with Gasteiger partial charge in [0.2, 0.25) is 11.7 Å². The first-order valence-electron chi connectivity index (χ1n) is 6.46. The summed E-state index contributed by atoms with van der Waals surface area (Å²) in [5.74, 6) is 0.0622. The normalized spacial score (nSPS) is 11.7. The monoisotopic (exact) mass is 295 g/mol. The van der Waals surface area contributed by atoms with Crippen LogP contribution in [0.2, 0.25) is 0 Å². The molecule has 0 bridgehead atoms. The molecule has 2 rings (SSSR count). The number of carbonyl (C=O) groups is 1. The van der Waals surface area contributed by atoms with Crippen molar-refractivity contribution in [2.24, 2.45) is 0 Å². The number of nitrogens with one attached hydrogen (secondary N) is 1. The topological polar surface area (TPSA) is 88.3 Å². The van der Waals surface area contributed by atoms with Gasteiger partial charge in [-0.15, -0.1) is 11.3 Å². The Balaban J connectivity index is 2.06. The van der Waals surface area contributed by atoms with Gasteiger partial charge in [0.25, 0.3) is 0 Å². The molecule has 20 heavy (non-hydrogen) atoms. The zero-order chi connectivity index (χ0) is 14.6. The third kappa shape index (κ3) is 2.88. The van der Waals surface area contributed by atoms with Gasteiger partial charge in [-0.1, -0.05) is 25.1 Å². The van der Waals surface area contributed by atoms with E-state index in [0.717, 1.165) is 4.88 Å². The zero-order valence-electron chi connectivity index (χ0n) is 11.4. The summed E-state index contributed by atoms with van der Waals surface area (Å²) in [4.78, 5) is 16.6. The predicted octanol–water partition coefficient (Wildman–Crippen LogP) is 2.53. The number of hydrogen-bond donors (Lipinski definition) is 2. The summed E-state index contributed by atoms with van der Waals surface area (Å²) < 4.78 is 5.14. The minimum Gasteiger partial charge on any atom is -0.480 e. The number of aliphatic carboxylic acids is 1. The maximum Gasteiger partial charge on any atom is 0.323 e. The van der Waals surface area contributed by atoms with Crippen molar-refractivity contribution >= 4 is 17.3 Å². The summed E-state index contributed by atoms with van der Waals surface area (Å²) in [6.45, 7) is 3.93. The lowest BCUT2D eigenvalue weighted by atomic mass is 9.93. The van der Waals surface area contributed by atoms with Gasteiger partial charge in [-0.25, -0.2) is 0 Å². The molecule has 0 aromatic carbocycles. The molecule has 2 heterocycles. The number of carboxylic acids is 1. The molecule has 2 N–H and O–H groups in total. The molecule has 0 atom stereocenters. The molecule has 6 nitrogen and oxygen atoms in total. The van der Waals surface area contributed by atoms with Crippen LogP contribution in [0.5, 0.6) is 0 Å². The molecule has 0 aliphatic carbocycles. The van der Waals surface area contributed by atoms with Crippen LogP contribution in [-0.2, 0) is 11.3 Å². The van der Waals surface area contributed by atoms with Gasteiger partial charge < -0.3 is 9.63 Å². The van der Waals surface area contributed by atoms with E-state index in [2.05, 4.69) is 15.5 Å². The second-order valence-electron chi connectivity index (χ2n) is 4.44. The van der Waals surface area contributed by atoms with Crippen molar-refractivity contribution in [3.05, 3.63) is 23.4 Å². The Morgan fingerprint density at radius 2 is 2.25 bits per heavy atom. The molecule has 7 heteroatoms. The highest BCUT2D eigenvalue weighted by molar-refractivity contribution is 7.13. The first kappa shape index (κ1) is 14.7. The summed E-state index contributed by atoms with van der Waals surface area (Å²) in [6, 6.07) is 3.82. The van der Waals surface area contributed by atoms with Crippen LogP contribution < -0.4 is 5.32 Å². The Kier molecular flexibility index (Phi) is 4.51. The third-order valence-corrected chi connectivity index (χ3v) is 4.27. The standard InChI is InChI=1S/C13H17N3O3S/c1-3-13(4-2,12(17)18)14-8-10-15-11(16-19-10)9-6-5-7-20-9/h5-7,14H,3-4,8H2,1-2H3,(H,17,18). The fourth-order valence-electron chi connectivity index (χ4n) is 1.96. The number of rotatable bonds is 7. The molecule has 0 aliphatic rings. The van der Waals surface area contributed by atoms with E-state index in [1.165, 1.54) is 11.3 Å². The Morgan fingerprint density at radius 3 is 2.80 bits per heavy atom. The molecular formula is C13H17N3O3S. The van der Waals surface area contributed by atoms with Crippen LogP contribution in [0.1, 0.15) is 32.6 Å². The van der Waals surface area contributed by atoms with Crippen molar-refractivity contribution in [1.82, 2.24) is 15.5 Å². The average molecular weight is 295 g/mol. The van der Waals surface area contributed by atoms with Gasteiger partial charge >= 0.3 is 5.97 Å². The SMILES string of the molecule is CCC(CC)(NCc1nc(-c2cccs2)no1)C(=O)O. The third-order valence-electron chi connectivity index (χ3n) is 3.40. The van der Waals surface area contributed by atoms with E-state index in [1.807, 2.05) is 31.4 Å². The first-order chi connectivity index (χ1) is 9.61. The first-order valence-corrected chi connectivity index (χ1v) is 7.34. The second-order valence-corrected chi connectivity index (χ2v) is 5.38. The van der Waals surface area contributed by atoms with Gasteiger partial charge in [0.15, 0.2) is 0 Å². The Labute approximate surface area is 120 Å². The van der Waals surface area contributed by atoms with Crippen molar-refractivity contribution < 1.29 is 14.4 Å². The van der Waals surface area contributed by atoms with E-state index in [9.17, 15) is 9.90 Å². The lowest BCUT2D eigenvalue weighted by Crippen LogP contribution is -2.50. The fourth-order valence-corrected chi connectivity index (χ4v) is 2.60. The molecule has 2 aromatic heterocycles. The van der Waals surface area contributed by atoms with E-state index in [4.69, 9.17) is 4.52 Å². The highest BCUT2D eigenvalue weighted by atomic mass is 32.1. The predicted molar refractivity (Wildman–Crippen MR) is 75.4 cm³/mol. The Bertz CT molecular complexity index is 561. The maximum atomic E-state index is 11.4. The molecule has 2 aromatic rings. The summed E-state index contributed by atoms with van der Waals surface area (Å²) in [5, 5.41) is 18.2.